The van der Waals surface area contributed by atoms with Gasteiger partial charge in [0.25, 0.3) is 0 Å². The zero-order valence-electron chi connectivity index (χ0n) is 24.7. The Morgan fingerprint density at radius 1 is 0.864 bits per heavy atom. The molecule has 3 atom stereocenters. The van der Waals surface area contributed by atoms with Gasteiger partial charge in [-0.3, -0.25) is 9.59 Å². The third-order valence-electron chi connectivity index (χ3n) is 9.39. The van der Waals surface area contributed by atoms with Gasteiger partial charge < -0.3 is 14.5 Å². The third-order valence-corrected chi connectivity index (χ3v) is 9.39. The molecule has 0 N–H and O–H groups in total. The van der Waals surface area contributed by atoms with Gasteiger partial charge in [-0.05, 0) is 81.2 Å². The third kappa shape index (κ3) is 7.41. The highest BCUT2D eigenvalue weighted by molar-refractivity contribution is 5.79. The molecule has 0 aromatic heterocycles. The minimum atomic E-state index is -4.95. The molecule has 0 bridgehead atoms. The summed E-state index contributed by atoms with van der Waals surface area (Å²) < 4.78 is 87.1. The van der Waals surface area contributed by atoms with E-state index in [2.05, 4.69) is 0 Å². The SMILES string of the molecule is C[C@@H](O[C@H]1CCN(C(=O)C2CCC(N3CCCCC3=O)CC2)C[C@H]1c1ccccc1)c1cc(C(F)(F)F)cc(C(F)(F)F)c1. The maximum Gasteiger partial charge on any atom is 0.416 e. The van der Waals surface area contributed by atoms with Crippen LogP contribution in [0.5, 0.6) is 0 Å². The van der Waals surface area contributed by atoms with E-state index in [0.717, 1.165) is 37.8 Å². The summed E-state index contributed by atoms with van der Waals surface area (Å²) in [5.74, 6) is -0.210. The number of carbonyl (C=O) groups is 2. The second-order valence-corrected chi connectivity index (χ2v) is 12.3. The minimum absolute atomic E-state index is 0.0496. The number of alkyl halides is 6. The van der Waals surface area contributed by atoms with Crippen LogP contribution in [0.2, 0.25) is 0 Å². The summed E-state index contributed by atoms with van der Waals surface area (Å²) in [6.45, 7) is 2.95. The Hall–Kier alpha value is -3.08. The van der Waals surface area contributed by atoms with Crippen LogP contribution in [0.4, 0.5) is 26.3 Å². The van der Waals surface area contributed by atoms with Crippen molar-refractivity contribution in [2.24, 2.45) is 5.92 Å². The first-order valence-electron chi connectivity index (χ1n) is 15.4. The molecule has 0 unspecified atom stereocenters. The van der Waals surface area contributed by atoms with Gasteiger partial charge in [-0.15, -0.1) is 0 Å². The van der Waals surface area contributed by atoms with Gasteiger partial charge in [0.15, 0.2) is 0 Å². The first kappa shape index (κ1) is 32.3. The van der Waals surface area contributed by atoms with Crippen molar-refractivity contribution in [1.82, 2.24) is 9.80 Å². The first-order chi connectivity index (χ1) is 20.8. The van der Waals surface area contributed by atoms with Crippen molar-refractivity contribution in [3.8, 4) is 0 Å². The number of ether oxygens (including phenoxy) is 1. The molecule has 3 aliphatic rings. The van der Waals surface area contributed by atoms with Crippen LogP contribution < -0.4 is 0 Å². The van der Waals surface area contributed by atoms with E-state index in [1.807, 2.05) is 40.1 Å². The molecule has 240 valence electrons. The summed E-state index contributed by atoms with van der Waals surface area (Å²) in [7, 11) is 0. The lowest BCUT2D eigenvalue weighted by molar-refractivity contribution is -0.143. The fourth-order valence-electron chi connectivity index (χ4n) is 6.97. The number of amides is 2. The Balaban J connectivity index is 1.29. The number of likely N-dealkylation sites (tertiary alicyclic amines) is 2. The fraction of sp³-hybridized carbons (Fsp3) is 0.576. The molecule has 3 fully saturated rings. The predicted molar refractivity (Wildman–Crippen MR) is 151 cm³/mol. The highest BCUT2D eigenvalue weighted by Crippen LogP contribution is 2.40. The van der Waals surface area contributed by atoms with E-state index in [1.165, 1.54) is 6.92 Å². The molecule has 0 radical (unpaired) electrons. The number of nitrogens with zero attached hydrogens (tertiary/aromatic N) is 2. The van der Waals surface area contributed by atoms with Gasteiger partial charge in [-0.1, -0.05) is 30.3 Å². The standard InChI is InChI=1S/C33H38F6N2O3/c1-21(24-17-25(32(34,35)36)19-26(18-24)33(37,38)39)44-29-14-16-40(20-28(29)22-7-3-2-4-8-22)31(43)23-10-12-27(13-11-23)41-15-6-5-9-30(41)42/h2-4,7-8,17-19,21,23,27-29H,5-6,9-16,20H2,1H3/t21-,23?,27?,28+,29+/m1/s1. The van der Waals surface area contributed by atoms with E-state index in [-0.39, 0.29) is 41.3 Å². The molecule has 2 amide bonds. The van der Waals surface area contributed by atoms with Gasteiger partial charge in [-0.2, -0.15) is 26.3 Å². The summed E-state index contributed by atoms with van der Waals surface area (Å²) >= 11 is 0. The number of rotatable bonds is 6. The average molecular weight is 625 g/mol. The quantitative estimate of drug-likeness (QED) is 0.309. The van der Waals surface area contributed by atoms with E-state index in [1.54, 1.807) is 0 Å². The van der Waals surface area contributed by atoms with Crippen molar-refractivity contribution in [2.75, 3.05) is 19.6 Å². The monoisotopic (exact) mass is 624 g/mol. The zero-order valence-corrected chi connectivity index (χ0v) is 24.7. The molecule has 1 aliphatic carbocycles. The molecule has 2 aliphatic heterocycles. The van der Waals surface area contributed by atoms with Crippen LogP contribution >= 0.6 is 0 Å². The molecule has 1 saturated carbocycles. The number of piperidine rings is 2. The van der Waals surface area contributed by atoms with Gasteiger partial charge in [-0.25, -0.2) is 0 Å². The van der Waals surface area contributed by atoms with Gasteiger partial charge in [0, 0.05) is 43.9 Å². The molecule has 11 heteroatoms. The number of halogens is 6. The Bertz CT molecular complexity index is 1270. The van der Waals surface area contributed by atoms with Crippen molar-refractivity contribution in [2.45, 2.75) is 94.8 Å². The number of carbonyl (C=O) groups excluding carboxylic acids is 2. The van der Waals surface area contributed by atoms with Crippen LogP contribution in [0.15, 0.2) is 48.5 Å². The van der Waals surface area contributed by atoms with E-state index in [4.69, 9.17) is 4.74 Å². The topological polar surface area (TPSA) is 49.9 Å². The van der Waals surface area contributed by atoms with Crippen LogP contribution in [0.1, 0.15) is 92.6 Å². The Labute approximate surface area is 253 Å². The lowest BCUT2D eigenvalue weighted by Gasteiger charge is -2.43. The van der Waals surface area contributed by atoms with E-state index >= 15 is 0 Å². The van der Waals surface area contributed by atoms with Crippen LogP contribution in [-0.2, 0) is 26.7 Å². The molecule has 2 heterocycles. The summed E-state index contributed by atoms with van der Waals surface area (Å²) in [6.07, 6.45) is -5.57. The van der Waals surface area contributed by atoms with Crippen LogP contribution in [0, 0.1) is 5.92 Å². The molecule has 2 saturated heterocycles. The largest absolute Gasteiger partial charge is 0.416 e. The highest BCUT2D eigenvalue weighted by atomic mass is 19.4. The van der Waals surface area contributed by atoms with Gasteiger partial charge in [0.05, 0.1) is 23.3 Å². The maximum absolute atomic E-state index is 13.7. The molecule has 2 aromatic rings. The number of benzene rings is 2. The van der Waals surface area contributed by atoms with Crippen molar-refractivity contribution in [1.29, 1.82) is 0 Å². The van der Waals surface area contributed by atoms with Crippen LogP contribution in [0.3, 0.4) is 0 Å². The molecule has 5 rings (SSSR count). The van der Waals surface area contributed by atoms with Crippen molar-refractivity contribution in [3.05, 3.63) is 70.8 Å². The number of hydrogen-bond acceptors (Lipinski definition) is 3. The van der Waals surface area contributed by atoms with Crippen LogP contribution in [0.25, 0.3) is 0 Å². The van der Waals surface area contributed by atoms with Crippen molar-refractivity contribution in [3.63, 3.8) is 0 Å². The van der Waals surface area contributed by atoms with E-state index in [0.29, 0.717) is 50.9 Å². The number of hydrogen-bond donors (Lipinski definition) is 0. The summed E-state index contributed by atoms with van der Waals surface area (Å²) in [5, 5.41) is 0. The predicted octanol–water partition coefficient (Wildman–Crippen LogP) is 7.76. The molecule has 5 nitrogen and oxygen atoms in total. The van der Waals surface area contributed by atoms with Gasteiger partial charge in [0.1, 0.15) is 0 Å². The molecule has 2 aromatic carbocycles. The average Bonchev–Trinajstić information content (AvgIpc) is 3.00. The molecule has 44 heavy (non-hydrogen) atoms. The van der Waals surface area contributed by atoms with E-state index in [9.17, 15) is 35.9 Å². The lowest BCUT2D eigenvalue weighted by Crippen LogP contribution is -2.50. The summed E-state index contributed by atoms with van der Waals surface area (Å²) in [6, 6.07) is 11.1. The summed E-state index contributed by atoms with van der Waals surface area (Å²) in [4.78, 5) is 29.9. The van der Waals surface area contributed by atoms with Crippen LogP contribution in [-0.4, -0.2) is 53.4 Å². The maximum atomic E-state index is 13.7. The lowest BCUT2D eigenvalue weighted by atomic mass is 9.82. The molecular weight excluding hydrogens is 586 g/mol. The normalized spacial score (nSPS) is 26.0. The fourth-order valence-corrected chi connectivity index (χ4v) is 6.97. The minimum Gasteiger partial charge on any atom is -0.370 e. The second kappa shape index (κ2) is 13.1. The second-order valence-electron chi connectivity index (χ2n) is 12.3. The zero-order chi connectivity index (χ0) is 31.6. The van der Waals surface area contributed by atoms with Gasteiger partial charge >= 0.3 is 12.4 Å². The Morgan fingerprint density at radius 2 is 1.50 bits per heavy atom. The van der Waals surface area contributed by atoms with Gasteiger partial charge in [0.2, 0.25) is 11.8 Å². The molecular formula is C33H38F6N2O3. The van der Waals surface area contributed by atoms with Crippen molar-refractivity contribution < 1.29 is 40.7 Å². The van der Waals surface area contributed by atoms with Crippen molar-refractivity contribution >= 4 is 11.8 Å². The summed E-state index contributed by atoms with van der Waals surface area (Å²) in [5.41, 5.74) is -2.08. The highest BCUT2D eigenvalue weighted by Gasteiger charge is 2.40. The molecule has 0 spiro atoms. The Morgan fingerprint density at radius 3 is 2.09 bits per heavy atom. The smallest absolute Gasteiger partial charge is 0.370 e. The Kier molecular flexibility index (Phi) is 9.63. The van der Waals surface area contributed by atoms with E-state index < -0.39 is 35.7 Å². The first-order valence-corrected chi connectivity index (χ1v) is 15.4.